The molecule has 0 saturated heterocycles. The highest BCUT2D eigenvalue weighted by atomic mass is 127. The van der Waals surface area contributed by atoms with Crippen molar-refractivity contribution in [3.63, 3.8) is 0 Å². The number of hydrogen-bond acceptors (Lipinski definition) is 4. The Morgan fingerprint density at radius 1 is 1.19 bits per heavy atom. The lowest BCUT2D eigenvalue weighted by molar-refractivity contribution is -0.122. The Bertz CT molecular complexity index is 768. The van der Waals surface area contributed by atoms with Crippen LogP contribution in [0.15, 0.2) is 53.5 Å². The van der Waals surface area contributed by atoms with Crippen molar-refractivity contribution < 1.29 is 14.3 Å². The van der Waals surface area contributed by atoms with Crippen LogP contribution in [0.4, 0.5) is 5.69 Å². The van der Waals surface area contributed by atoms with E-state index in [1.54, 1.807) is 13.2 Å². The van der Waals surface area contributed by atoms with Gasteiger partial charge < -0.3 is 25.8 Å². The van der Waals surface area contributed by atoms with Gasteiger partial charge in [0.15, 0.2) is 12.6 Å². The Labute approximate surface area is 176 Å². The fraction of sp³-hybridized carbons (Fsp3) is 0.263. The molecule has 0 aliphatic heterocycles. The number of benzene rings is 2. The quantitative estimate of drug-likeness (QED) is 0.304. The second kappa shape index (κ2) is 12.0. The van der Waals surface area contributed by atoms with E-state index in [0.717, 1.165) is 11.3 Å². The predicted molar refractivity (Wildman–Crippen MR) is 118 cm³/mol. The Balaban J connectivity index is 0.00000364. The van der Waals surface area contributed by atoms with Crippen LogP contribution in [0.1, 0.15) is 12.5 Å². The average molecular weight is 484 g/mol. The molecular weight excluding hydrogens is 459 g/mol. The van der Waals surface area contributed by atoms with Crippen molar-refractivity contribution >= 4 is 41.5 Å². The molecule has 0 saturated carbocycles. The van der Waals surface area contributed by atoms with Gasteiger partial charge in [0.2, 0.25) is 0 Å². The summed E-state index contributed by atoms with van der Waals surface area (Å²) in [5.41, 5.74) is 7.61. The molecule has 0 atom stereocenters. The number of carbonyl (C=O) groups excluding carboxylic acids is 1. The first-order chi connectivity index (χ1) is 12.6. The van der Waals surface area contributed by atoms with Gasteiger partial charge in [0, 0.05) is 6.54 Å². The molecule has 0 fully saturated rings. The van der Waals surface area contributed by atoms with Gasteiger partial charge in [-0.2, -0.15) is 0 Å². The molecule has 0 heterocycles. The Morgan fingerprint density at radius 2 is 1.96 bits per heavy atom. The first kappa shape index (κ1) is 22.6. The lowest BCUT2D eigenvalue weighted by atomic mass is 10.2. The monoisotopic (exact) mass is 484 g/mol. The van der Waals surface area contributed by atoms with E-state index in [0.29, 0.717) is 24.6 Å². The average Bonchev–Trinajstić information content (AvgIpc) is 2.66. The van der Waals surface area contributed by atoms with Gasteiger partial charge >= 0.3 is 0 Å². The fourth-order valence-corrected chi connectivity index (χ4v) is 2.23. The van der Waals surface area contributed by atoms with E-state index < -0.39 is 0 Å². The Kier molecular flexibility index (Phi) is 10.0. The maximum Gasteiger partial charge on any atom is 0.257 e. The first-order valence-corrected chi connectivity index (χ1v) is 8.30. The number of amides is 1. The molecule has 7 nitrogen and oxygen atoms in total. The van der Waals surface area contributed by atoms with Crippen molar-refractivity contribution in [2.75, 3.05) is 25.6 Å². The third-order valence-corrected chi connectivity index (χ3v) is 3.44. The molecule has 0 aromatic heterocycles. The second-order valence-electron chi connectivity index (χ2n) is 5.42. The van der Waals surface area contributed by atoms with Crippen LogP contribution in [-0.2, 0) is 11.3 Å². The highest BCUT2D eigenvalue weighted by Gasteiger charge is 2.04. The van der Waals surface area contributed by atoms with Crippen LogP contribution < -0.4 is 25.8 Å². The Morgan fingerprint density at radius 3 is 2.70 bits per heavy atom. The molecule has 2 aromatic rings. The zero-order chi connectivity index (χ0) is 18.8. The molecule has 0 aliphatic rings. The van der Waals surface area contributed by atoms with E-state index in [2.05, 4.69) is 15.6 Å². The number of ether oxygens (including phenoxy) is 2. The summed E-state index contributed by atoms with van der Waals surface area (Å²) in [6.07, 6.45) is 0. The molecule has 8 heteroatoms. The molecule has 0 unspecified atom stereocenters. The predicted octanol–water partition coefficient (Wildman–Crippen LogP) is 2.75. The van der Waals surface area contributed by atoms with Gasteiger partial charge in [-0.1, -0.05) is 24.3 Å². The molecule has 27 heavy (non-hydrogen) atoms. The minimum atomic E-state index is -0.152. The molecular formula is C19H25IN4O3. The minimum absolute atomic E-state index is 0. The zero-order valence-corrected chi connectivity index (χ0v) is 17.7. The van der Waals surface area contributed by atoms with Gasteiger partial charge in [-0.3, -0.25) is 4.79 Å². The lowest BCUT2D eigenvalue weighted by Gasteiger charge is -2.10. The summed E-state index contributed by atoms with van der Waals surface area (Å²) < 4.78 is 10.7. The van der Waals surface area contributed by atoms with E-state index >= 15 is 0 Å². The van der Waals surface area contributed by atoms with Gasteiger partial charge in [-0.05, 0) is 36.8 Å². The van der Waals surface area contributed by atoms with Crippen molar-refractivity contribution in [3.8, 4) is 11.5 Å². The molecule has 1 amide bonds. The van der Waals surface area contributed by atoms with Crippen LogP contribution in [0.5, 0.6) is 11.5 Å². The van der Waals surface area contributed by atoms with Crippen molar-refractivity contribution in [1.82, 2.24) is 5.32 Å². The summed E-state index contributed by atoms with van der Waals surface area (Å²) in [4.78, 5) is 15.8. The highest BCUT2D eigenvalue weighted by molar-refractivity contribution is 14.0. The van der Waals surface area contributed by atoms with Crippen LogP contribution in [0, 0.1) is 0 Å². The smallest absolute Gasteiger partial charge is 0.257 e. The second-order valence-corrected chi connectivity index (χ2v) is 5.42. The van der Waals surface area contributed by atoms with E-state index in [1.165, 1.54) is 0 Å². The lowest BCUT2D eigenvalue weighted by Crippen LogP contribution is -2.28. The normalized spacial score (nSPS) is 10.5. The Hall–Kier alpha value is -2.49. The van der Waals surface area contributed by atoms with Crippen molar-refractivity contribution in [1.29, 1.82) is 0 Å². The molecule has 0 spiro atoms. The fourth-order valence-electron chi connectivity index (χ4n) is 2.23. The van der Waals surface area contributed by atoms with E-state index in [1.807, 2.05) is 49.4 Å². The topological polar surface area (TPSA) is 98.0 Å². The molecule has 2 aromatic carbocycles. The van der Waals surface area contributed by atoms with Gasteiger partial charge in [-0.25, -0.2) is 4.99 Å². The molecule has 4 N–H and O–H groups in total. The zero-order valence-electron chi connectivity index (χ0n) is 15.4. The summed E-state index contributed by atoms with van der Waals surface area (Å²) in [6.45, 7) is 2.81. The number of likely N-dealkylation sites (N-methyl/N-ethyl adjacent to an activating group) is 1. The molecule has 0 radical (unpaired) electrons. The third kappa shape index (κ3) is 7.73. The number of methoxy groups -OCH3 is 1. The number of carbonyl (C=O) groups is 1. The maximum absolute atomic E-state index is 11.4. The SMILES string of the molecule is CCNC(=O)COc1cccc(CN=C(N)Nc2ccccc2OC)c1.I. The van der Waals surface area contributed by atoms with Gasteiger partial charge in [-0.15, -0.1) is 24.0 Å². The summed E-state index contributed by atoms with van der Waals surface area (Å²) in [5, 5.41) is 5.70. The molecule has 0 bridgehead atoms. The van der Waals surface area contributed by atoms with E-state index in [4.69, 9.17) is 15.2 Å². The number of rotatable bonds is 8. The number of nitrogens with one attached hydrogen (secondary N) is 2. The number of nitrogens with two attached hydrogens (primary N) is 1. The van der Waals surface area contributed by atoms with Crippen LogP contribution in [0.2, 0.25) is 0 Å². The number of guanidine groups is 1. The number of hydrogen-bond donors (Lipinski definition) is 3. The van der Waals surface area contributed by atoms with Crippen molar-refractivity contribution in [3.05, 3.63) is 54.1 Å². The van der Waals surface area contributed by atoms with Crippen LogP contribution in [0.25, 0.3) is 0 Å². The van der Waals surface area contributed by atoms with E-state index in [-0.39, 0.29) is 42.5 Å². The standard InChI is InChI=1S/C19H24N4O3.HI/c1-3-21-18(24)13-26-15-8-6-7-14(11-15)12-22-19(20)23-16-9-4-5-10-17(16)25-2;/h4-11H,3,12-13H2,1-2H3,(H,21,24)(H3,20,22,23);1H. The van der Waals surface area contributed by atoms with Gasteiger partial charge in [0.1, 0.15) is 11.5 Å². The number of aliphatic imine (C=N–C) groups is 1. The largest absolute Gasteiger partial charge is 0.495 e. The molecule has 2 rings (SSSR count). The number of para-hydroxylation sites is 2. The molecule has 146 valence electrons. The van der Waals surface area contributed by atoms with Crippen LogP contribution in [-0.4, -0.2) is 32.1 Å². The third-order valence-electron chi connectivity index (χ3n) is 3.44. The number of halogens is 1. The maximum atomic E-state index is 11.4. The van der Waals surface area contributed by atoms with Crippen molar-refractivity contribution in [2.24, 2.45) is 10.7 Å². The minimum Gasteiger partial charge on any atom is -0.495 e. The van der Waals surface area contributed by atoms with E-state index in [9.17, 15) is 4.79 Å². The summed E-state index contributed by atoms with van der Waals surface area (Å²) in [7, 11) is 1.60. The van der Waals surface area contributed by atoms with Gasteiger partial charge in [0.25, 0.3) is 5.91 Å². The number of anilines is 1. The summed E-state index contributed by atoms with van der Waals surface area (Å²) >= 11 is 0. The van der Waals surface area contributed by atoms with Crippen LogP contribution in [0.3, 0.4) is 0 Å². The first-order valence-electron chi connectivity index (χ1n) is 8.30. The summed E-state index contributed by atoms with van der Waals surface area (Å²) in [5.74, 6) is 1.43. The van der Waals surface area contributed by atoms with Crippen LogP contribution >= 0.6 is 24.0 Å². The number of nitrogens with zero attached hydrogens (tertiary/aromatic N) is 1. The van der Waals surface area contributed by atoms with Gasteiger partial charge in [0.05, 0.1) is 19.3 Å². The molecule has 0 aliphatic carbocycles. The summed E-state index contributed by atoms with van der Waals surface area (Å²) in [6, 6.07) is 14.8. The highest BCUT2D eigenvalue weighted by Crippen LogP contribution is 2.22. The van der Waals surface area contributed by atoms with Crippen molar-refractivity contribution in [2.45, 2.75) is 13.5 Å².